The molecule has 0 aliphatic heterocycles. The van der Waals surface area contributed by atoms with Crippen LogP contribution in [-0.2, 0) is 6.61 Å². The highest BCUT2D eigenvalue weighted by Gasteiger charge is 1.98. The van der Waals surface area contributed by atoms with Crippen LogP contribution in [0.1, 0.15) is 11.1 Å². The van der Waals surface area contributed by atoms with E-state index in [4.69, 9.17) is 22.7 Å². The normalized spacial score (nSPS) is 9.88. The van der Waals surface area contributed by atoms with E-state index in [0.29, 0.717) is 11.6 Å². The van der Waals surface area contributed by atoms with Gasteiger partial charge in [-0.1, -0.05) is 54.7 Å². The van der Waals surface area contributed by atoms with E-state index in [9.17, 15) is 0 Å². The molecule has 0 amide bonds. The molecular formula is C14H13NOS. The fourth-order valence-corrected chi connectivity index (χ4v) is 1.58. The molecule has 17 heavy (non-hydrogen) atoms. The van der Waals surface area contributed by atoms with Gasteiger partial charge in [0.1, 0.15) is 17.3 Å². The lowest BCUT2D eigenvalue weighted by Crippen LogP contribution is -2.09. The lowest BCUT2D eigenvalue weighted by Gasteiger charge is -2.06. The molecule has 2 aromatic rings. The molecule has 0 aromatic heterocycles. The molecule has 2 aromatic carbocycles. The summed E-state index contributed by atoms with van der Waals surface area (Å²) in [6.07, 6.45) is 0. The predicted octanol–water partition coefficient (Wildman–Crippen LogP) is 2.90. The summed E-state index contributed by atoms with van der Waals surface area (Å²) in [5.74, 6) is 0.867. The topological polar surface area (TPSA) is 35.2 Å². The van der Waals surface area contributed by atoms with Gasteiger partial charge in [0.05, 0.1) is 0 Å². The molecule has 2 N–H and O–H groups in total. The van der Waals surface area contributed by atoms with Gasteiger partial charge in [0.25, 0.3) is 0 Å². The van der Waals surface area contributed by atoms with Crippen molar-refractivity contribution < 1.29 is 4.74 Å². The van der Waals surface area contributed by atoms with Crippen molar-refractivity contribution in [2.45, 2.75) is 6.61 Å². The summed E-state index contributed by atoms with van der Waals surface area (Å²) >= 11 is 4.89. The summed E-state index contributed by atoms with van der Waals surface area (Å²) in [6.45, 7) is 0.543. The van der Waals surface area contributed by atoms with E-state index in [1.54, 1.807) is 0 Å². The largest absolute Gasteiger partial charge is 0.489 e. The van der Waals surface area contributed by atoms with Crippen LogP contribution in [0.5, 0.6) is 5.75 Å². The summed E-state index contributed by atoms with van der Waals surface area (Å²) in [5, 5.41) is 0. The lowest BCUT2D eigenvalue weighted by atomic mass is 10.1. The van der Waals surface area contributed by atoms with E-state index in [-0.39, 0.29) is 0 Å². The first kappa shape index (κ1) is 11.6. The van der Waals surface area contributed by atoms with Crippen molar-refractivity contribution in [1.82, 2.24) is 0 Å². The van der Waals surface area contributed by atoms with Gasteiger partial charge in [0.2, 0.25) is 0 Å². The van der Waals surface area contributed by atoms with Crippen LogP contribution in [0, 0.1) is 0 Å². The Labute approximate surface area is 106 Å². The first-order chi connectivity index (χ1) is 8.25. The number of ether oxygens (including phenoxy) is 1. The second-order valence-electron chi connectivity index (χ2n) is 3.66. The van der Waals surface area contributed by atoms with Crippen molar-refractivity contribution >= 4 is 17.2 Å². The zero-order valence-electron chi connectivity index (χ0n) is 9.30. The maximum atomic E-state index is 5.63. The minimum Gasteiger partial charge on any atom is -0.489 e. The maximum absolute atomic E-state index is 5.63. The minimum atomic E-state index is 0.417. The SMILES string of the molecule is NC(=S)c1ccc(COc2ccccc2)cc1. The molecule has 2 nitrogen and oxygen atoms in total. The number of nitrogens with two attached hydrogens (primary N) is 1. The molecule has 0 aliphatic carbocycles. The first-order valence-electron chi connectivity index (χ1n) is 5.32. The van der Waals surface area contributed by atoms with Gasteiger partial charge in [0.15, 0.2) is 0 Å². The van der Waals surface area contributed by atoms with E-state index in [1.165, 1.54) is 0 Å². The third kappa shape index (κ3) is 3.29. The van der Waals surface area contributed by atoms with Crippen LogP contribution in [0.4, 0.5) is 0 Å². The Balaban J connectivity index is 1.98. The van der Waals surface area contributed by atoms with Crippen LogP contribution >= 0.6 is 12.2 Å². The van der Waals surface area contributed by atoms with Crippen molar-refractivity contribution in [3.8, 4) is 5.75 Å². The average molecular weight is 243 g/mol. The number of thiocarbonyl (C=S) groups is 1. The van der Waals surface area contributed by atoms with Gasteiger partial charge in [-0.05, 0) is 17.7 Å². The third-order valence-electron chi connectivity index (χ3n) is 2.39. The quantitative estimate of drug-likeness (QED) is 0.839. The van der Waals surface area contributed by atoms with Crippen LogP contribution in [0.15, 0.2) is 54.6 Å². The van der Waals surface area contributed by atoms with Gasteiger partial charge in [0, 0.05) is 5.56 Å². The maximum Gasteiger partial charge on any atom is 0.119 e. The van der Waals surface area contributed by atoms with Gasteiger partial charge in [-0.3, -0.25) is 0 Å². The molecule has 0 bridgehead atoms. The molecule has 86 valence electrons. The highest BCUT2D eigenvalue weighted by Crippen LogP contribution is 2.12. The Morgan fingerprint density at radius 3 is 2.24 bits per heavy atom. The zero-order valence-corrected chi connectivity index (χ0v) is 10.1. The standard InChI is InChI=1S/C14H13NOS/c15-14(17)12-8-6-11(7-9-12)10-16-13-4-2-1-3-5-13/h1-9H,10H2,(H2,15,17). The summed E-state index contributed by atoms with van der Waals surface area (Å²) < 4.78 is 5.63. The zero-order chi connectivity index (χ0) is 12.1. The number of para-hydroxylation sites is 1. The molecule has 0 saturated heterocycles. The molecule has 0 saturated carbocycles. The smallest absolute Gasteiger partial charge is 0.119 e. The molecule has 2 rings (SSSR count). The Morgan fingerprint density at radius 2 is 1.65 bits per heavy atom. The average Bonchev–Trinajstić information content (AvgIpc) is 2.38. The van der Waals surface area contributed by atoms with Gasteiger partial charge in [-0.15, -0.1) is 0 Å². The number of hydrogen-bond donors (Lipinski definition) is 1. The Bertz CT molecular complexity index is 493. The highest BCUT2D eigenvalue weighted by molar-refractivity contribution is 7.80. The van der Waals surface area contributed by atoms with Crippen molar-refractivity contribution in [3.63, 3.8) is 0 Å². The third-order valence-corrected chi connectivity index (χ3v) is 2.62. The number of benzene rings is 2. The molecular weight excluding hydrogens is 230 g/mol. The Morgan fingerprint density at radius 1 is 1.00 bits per heavy atom. The molecule has 0 radical (unpaired) electrons. The van der Waals surface area contributed by atoms with Gasteiger partial charge in [-0.2, -0.15) is 0 Å². The Hall–Kier alpha value is -1.87. The van der Waals surface area contributed by atoms with Crippen molar-refractivity contribution in [1.29, 1.82) is 0 Å². The van der Waals surface area contributed by atoms with Crippen LogP contribution in [0.25, 0.3) is 0 Å². The first-order valence-corrected chi connectivity index (χ1v) is 5.73. The van der Waals surface area contributed by atoms with Gasteiger partial charge >= 0.3 is 0 Å². The summed E-state index contributed by atoms with van der Waals surface area (Å²) in [6, 6.07) is 17.5. The fourth-order valence-electron chi connectivity index (χ4n) is 1.45. The van der Waals surface area contributed by atoms with Gasteiger partial charge < -0.3 is 10.5 Å². The number of hydrogen-bond acceptors (Lipinski definition) is 2. The summed E-state index contributed by atoms with van der Waals surface area (Å²) in [4.78, 5) is 0.417. The molecule has 0 atom stereocenters. The van der Waals surface area contributed by atoms with E-state index in [1.807, 2.05) is 54.6 Å². The molecule has 3 heteroatoms. The van der Waals surface area contributed by atoms with Crippen LogP contribution < -0.4 is 10.5 Å². The van der Waals surface area contributed by atoms with E-state index in [0.717, 1.165) is 16.9 Å². The van der Waals surface area contributed by atoms with Crippen LogP contribution in [0.2, 0.25) is 0 Å². The molecule has 0 fully saturated rings. The van der Waals surface area contributed by atoms with Crippen LogP contribution in [-0.4, -0.2) is 4.99 Å². The van der Waals surface area contributed by atoms with Gasteiger partial charge in [-0.25, -0.2) is 0 Å². The molecule has 0 unspecified atom stereocenters. The summed E-state index contributed by atoms with van der Waals surface area (Å²) in [5.41, 5.74) is 7.50. The monoisotopic (exact) mass is 243 g/mol. The highest BCUT2D eigenvalue weighted by atomic mass is 32.1. The lowest BCUT2D eigenvalue weighted by molar-refractivity contribution is 0.306. The number of rotatable bonds is 4. The summed E-state index contributed by atoms with van der Waals surface area (Å²) in [7, 11) is 0. The second-order valence-corrected chi connectivity index (χ2v) is 4.10. The molecule has 0 aliphatic rings. The van der Waals surface area contributed by atoms with Crippen molar-refractivity contribution in [3.05, 3.63) is 65.7 Å². The van der Waals surface area contributed by atoms with Crippen molar-refractivity contribution in [2.24, 2.45) is 5.73 Å². The molecule has 0 spiro atoms. The second kappa shape index (κ2) is 5.46. The Kier molecular flexibility index (Phi) is 3.73. The van der Waals surface area contributed by atoms with E-state index < -0.39 is 0 Å². The van der Waals surface area contributed by atoms with Crippen LogP contribution in [0.3, 0.4) is 0 Å². The van der Waals surface area contributed by atoms with E-state index >= 15 is 0 Å². The van der Waals surface area contributed by atoms with Crippen molar-refractivity contribution in [2.75, 3.05) is 0 Å². The van der Waals surface area contributed by atoms with E-state index in [2.05, 4.69) is 0 Å². The fraction of sp³-hybridized carbons (Fsp3) is 0.0714. The minimum absolute atomic E-state index is 0.417. The molecule has 0 heterocycles. The predicted molar refractivity (Wildman–Crippen MR) is 73.1 cm³/mol.